The molecule has 0 saturated heterocycles. The van der Waals surface area contributed by atoms with Gasteiger partial charge in [0.05, 0.1) is 29.0 Å². The third kappa shape index (κ3) is 1.76. The number of nitrogen functional groups attached to an aromatic ring is 1. The monoisotopic (exact) mass is 258 g/mol. The van der Waals surface area contributed by atoms with E-state index in [4.69, 9.17) is 10.5 Å². The number of ether oxygens (including phenoxy) is 1. The topological polar surface area (TPSA) is 73.9 Å². The number of methoxy groups -OCH3 is 1. The van der Waals surface area contributed by atoms with Gasteiger partial charge < -0.3 is 10.5 Å². The third-order valence-electron chi connectivity index (χ3n) is 2.60. The fraction of sp³-hybridized carbons (Fsp3) is 0.0833. The summed E-state index contributed by atoms with van der Waals surface area (Å²) in [5, 5.41) is 0. The highest BCUT2D eigenvalue weighted by molar-refractivity contribution is 7.16. The molecule has 3 rings (SSSR count). The molecule has 0 saturated carbocycles. The van der Waals surface area contributed by atoms with Crippen LogP contribution in [-0.2, 0) is 0 Å². The van der Waals surface area contributed by atoms with E-state index in [0.717, 1.165) is 15.8 Å². The normalized spacial score (nSPS) is 10.7. The molecular formula is C12H10N4OS. The van der Waals surface area contributed by atoms with Crippen LogP contribution < -0.4 is 10.5 Å². The van der Waals surface area contributed by atoms with Gasteiger partial charge in [-0.1, -0.05) is 6.07 Å². The van der Waals surface area contributed by atoms with E-state index in [-0.39, 0.29) is 5.95 Å². The van der Waals surface area contributed by atoms with Gasteiger partial charge in [0, 0.05) is 5.56 Å². The van der Waals surface area contributed by atoms with Crippen molar-refractivity contribution < 1.29 is 4.74 Å². The van der Waals surface area contributed by atoms with Crippen LogP contribution in [0.15, 0.2) is 29.9 Å². The molecule has 2 aromatic heterocycles. The lowest BCUT2D eigenvalue weighted by Crippen LogP contribution is -1.99. The number of fused-ring (bicyclic) bond motifs is 1. The van der Waals surface area contributed by atoms with E-state index in [2.05, 4.69) is 15.0 Å². The Morgan fingerprint density at radius 2 is 2.17 bits per heavy atom. The number of benzene rings is 1. The average molecular weight is 258 g/mol. The predicted octanol–water partition coefficient (Wildman–Crippen LogP) is 2.34. The Morgan fingerprint density at radius 3 is 3.00 bits per heavy atom. The van der Waals surface area contributed by atoms with Gasteiger partial charge in [0.1, 0.15) is 5.69 Å². The van der Waals surface area contributed by atoms with Crippen LogP contribution in [0.3, 0.4) is 0 Å². The lowest BCUT2D eigenvalue weighted by Gasteiger charge is -2.07. The smallest absolute Gasteiger partial charge is 0.220 e. The fourth-order valence-electron chi connectivity index (χ4n) is 1.75. The van der Waals surface area contributed by atoms with Crippen molar-refractivity contribution in [1.29, 1.82) is 0 Å². The molecule has 6 heteroatoms. The summed E-state index contributed by atoms with van der Waals surface area (Å²) in [4.78, 5) is 12.4. The molecule has 18 heavy (non-hydrogen) atoms. The molecule has 0 aliphatic carbocycles. The van der Waals surface area contributed by atoms with E-state index in [1.807, 2.05) is 23.7 Å². The highest BCUT2D eigenvalue weighted by Crippen LogP contribution is 2.30. The zero-order valence-corrected chi connectivity index (χ0v) is 10.4. The van der Waals surface area contributed by atoms with E-state index in [9.17, 15) is 0 Å². The molecule has 0 spiro atoms. The number of nitrogens with zero attached hydrogens (tertiary/aromatic N) is 3. The molecule has 0 aliphatic rings. The van der Waals surface area contributed by atoms with Gasteiger partial charge >= 0.3 is 0 Å². The maximum Gasteiger partial charge on any atom is 0.220 e. The van der Waals surface area contributed by atoms with Crippen LogP contribution in [0.1, 0.15) is 0 Å². The molecule has 2 heterocycles. The van der Waals surface area contributed by atoms with Gasteiger partial charge in [0.15, 0.2) is 5.75 Å². The van der Waals surface area contributed by atoms with Crippen LogP contribution in [-0.4, -0.2) is 22.1 Å². The van der Waals surface area contributed by atoms with Crippen molar-refractivity contribution in [3.05, 3.63) is 29.9 Å². The molecule has 0 amide bonds. The highest BCUT2D eigenvalue weighted by Gasteiger charge is 2.10. The van der Waals surface area contributed by atoms with Gasteiger partial charge in [-0.15, -0.1) is 11.3 Å². The van der Waals surface area contributed by atoms with Crippen molar-refractivity contribution in [2.75, 3.05) is 12.8 Å². The van der Waals surface area contributed by atoms with Crippen LogP contribution in [0, 0.1) is 0 Å². The largest absolute Gasteiger partial charge is 0.493 e. The molecule has 2 N–H and O–H groups in total. The van der Waals surface area contributed by atoms with Crippen LogP contribution in [0.5, 0.6) is 5.75 Å². The fourth-order valence-corrected chi connectivity index (χ4v) is 2.40. The quantitative estimate of drug-likeness (QED) is 0.763. The standard InChI is InChI=1S/C12H10N4OS/c1-17-9-5-14-12(13)16-11(9)7-2-3-10-8(4-7)15-6-18-10/h2-6H,1H3,(H2,13,14,16). The van der Waals surface area contributed by atoms with Crippen LogP contribution in [0.4, 0.5) is 5.95 Å². The third-order valence-corrected chi connectivity index (χ3v) is 3.41. The Labute approximate surface area is 107 Å². The molecule has 0 radical (unpaired) electrons. The summed E-state index contributed by atoms with van der Waals surface area (Å²) in [7, 11) is 1.58. The first kappa shape index (κ1) is 10.9. The van der Waals surface area contributed by atoms with Crippen LogP contribution in [0.2, 0.25) is 0 Å². The first-order valence-electron chi connectivity index (χ1n) is 5.28. The van der Waals surface area contributed by atoms with Gasteiger partial charge in [-0.3, -0.25) is 0 Å². The summed E-state index contributed by atoms with van der Waals surface area (Å²) in [6.07, 6.45) is 1.57. The Balaban J connectivity index is 2.21. The zero-order chi connectivity index (χ0) is 12.5. The minimum absolute atomic E-state index is 0.226. The van der Waals surface area contributed by atoms with Gasteiger partial charge in [-0.25, -0.2) is 15.0 Å². The number of nitrogens with two attached hydrogens (primary N) is 1. The maximum absolute atomic E-state index is 5.62. The Hall–Kier alpha value is -2.21. The molecule has 5 nitrogen and oxygen atoms in total. The van der Waals surface area contributed by atoms with Crippen molar-refractivity contribution in [2.24, 2.45) is 0 Å². The second-order valence-corrected chi connectivity index (χ2v) is 4.57. The summed E-state index contributed by atoms with van der Waals surface area (Å²) in [6, 6.07) is 5.96. The van der Waals surface area contributed by atoms with Gasteiger partial charge in [-0.2, -0.15) is 0 Å². The molecule has 0 atom stereocenters. The van der Waals surface area contributed by atoms with Gasteiger partial charge in [0.25, 0.3) is 0 Å². The van der Waals surface area contributed by atoms with Crippen molar-refractivity contribution in [3.63, 3.8) is 0 Å². The molecule has 1 aromatic carbocycles. The zero-order valence-electron chi connectivity index (χ0n) is 9.62. The van der Waals surface area contributed by atoms with Gasteiger partial charge in [0.2, 0.25) is 5.95 Å². The number of anilines is 1. The number of hydrogen-bond donors (Lipinski definition) is 1. The summed E-state index contributed by atoms with van der Waals surface area (Å²) in [6.45, 7) is 0. The maximum atomic E-state index is 5.62. The van der Waals surface area contributed by atoms with E-state index < -0.39 is 0 Å². The Kier molecular flexibility index (Phi) is 2.56. The van der Waals surface area contributed by atoms with E-state index in [1.165, 1.54) is 0 Å². The predicted molar refractivity (Wildman–Crippen MR) is 71.6 cm³/mol. The first-order valence-corrected chi connectivity index (χ1v) is 6.16. The first-order chi connectivity index (χ1) is 8.78. The van der Waals surface area contributed by atoms with Crippen molar-refractivity contribution in [3.8, 4) is 17.0 Å². The number of hydrogen-bond acceptors (Lipinski definition) is 6. The molecule has 90 valence electrons. The average Bonchev–Trinajstić information content (AvgIpc) is 2.85. The van der Waals surface area contributed by atoms with E-state index in [1.54, 1.807) is 24.6 Å². The van der Waals surface area contributed by atoms with Crippen LogP contribution >= 0.6 is 11.3 Å². The van der Waals surface area contributed by atoms with Gasteiger partial charge in [-0.05, 0) is 12.1 Å². The Bertz CT molecular complexity index is 710. The second kappa shape index (κ2) is 4.23. The Morgan fingerprint density at radius 1 is 1.28 bits per heavy atom. The minimum atomic E-state index is 0.226. The number of thiazole rings is 1. The SMILES string of the molecule is COc1cnc(N)nc1-c1ccc2scnc2c1. The molecule has 3 aromatic rings. The van der Waals surface area contributed by atoms with Crippen molar-refractivity contribution >= 4 is 27.5 Å². The lowest BCUT2D eigenvalue weighted by atomic mass is 10.1. The van der Waals surface area contributed by atoms with E-state index in [0.29, 0.717) is 11.4 Å². The van der Waals surface area contributed by atoms with E-state index >= 15 is 0 Å². The molecule has 0 fully saturated rings. The number of aromatic nitrogens is 3. The molecular weight excluding hydrogens is 248 g/mol. The van der Waals surface area contributed by atoms with Crippen molar-refractivity contribution in [2.45, 2.75) is 0 Å². The summed E-state index contributed by atoms with van der Waals surface area (Å²) < 4.78 is 6.39. The van der Waals surface area contributed by atoms with Crippen LogP contribution in [0.25, 0.3) is 21.5 Å². The molecule has 0 unspecified atom stereocenters. The molecule has 0 aliphatic heterocycles. The second-order valence-electron chi connectivity index (χ2n) is 3.68. The minimum Gasteiger partial charge on any atom is -0.493 e. The summed E-state index contributed by atoms with van der Waals surface area (Å²) >= 11 is 1.60. The lowest BCUT2D eigenvalue weighted by molar-refractivity contribution is 0.413. The van der Waals surface area contributed by atoms with Crippen molar-refractivity contribution in [1.82, 2.24) is 15.0 Å². The summed E-state index contributed by atoms with van der Waals surface area (Å²) in [5.74, 6) is 0.822. The highest BCUT2D eigenvalue weighted by atomic mass is 32.1. The molecule has 0 bridgehead atoms. The number of rotatable bonds is 2. The summed E-state index contributed by atoms with van der Waals surface area (Å²) in [5.41, 5.74) is 9.98.